The normalized spacial score (nSPS) is 10.8. The molecule has 0 rings (SSSR count). The van der Waals surface area contributed by atoms with E-state index in [2.05, 4.69) is 5.73 Å². The van der Waals surface area contributed by atoms with Gasteiger partial charge >= 0.3 is 0 Å². The van der Waals surface area contributed by atoms with E-state index in [9.17, 15) is 4.39 Å². The summed E-state index contributed by atoms with van der Waals surface area (Å²) in [6, 6.07) is 0. The third-order valence-electron chi connectivity index (χ3n) is 0.827. The highest BCUT2D eigenvalue weighted by Crippen LogP contribution is 2.08. The fourth-order valence-electron chi connectivity index (χ4n) is 0.333. The summed E-state index contributed by atoms with van der Waals surface area (Å²) in [5.41, 5.74) is 4.50. The van der Waals surface area contributed by atoms with E-state index in [1.807, 2.05) is 13.8 Å². The molecule has 0 spiro atoms. The van der Waals surface area contributed by atoms with Crippen LogP contribution < -0.4 is 5.73 Å². The van der Waals surface area contributed by atoms with E-state index in [-0.39, 0.29) is 11.7 Å². The van der Waals surface area contributed by atoms with Gasteiger partial charge in [-0.25, -0.2) is 4.39 Å². The average molecular weight is 133 g/mol. The largest absolute Gasteiger partial charge is 0.333 e. The van der Waals surface area contributed by atoms with E-state index in [4.69, 9.17) is 0 Å². The zero-order valence-electron chi connectivity index (χ0n) is 6.61. The molecule has 0 radical (unpaired) electrons. The Bertz CT molecular complexity index is 77.0. The molecule has 0 saturated heterocycles. The van der Waals surface area contributed by atoms with Crippen LogP contribution >= 0.6 is 0 Å². The fourth-order valence-corrected chi connectivity index (χ4v) is 0.333. The topological polar surface area (TPSA) is 26.0 Å². The van der Waals surface area contributed by atoms with Crippen molar-refractivity contribution < 1.29 is 4.39 Å². The first-order valence-electron chi connectivity index (χ1n) is 3.08. The van der Waals surface area contributed by atoms with Gasteiger partial charge in [-0.3, -0.25) is 0 Å². The number of hydrogen-bond donors (Lipinski definition) is 1. The number of rotatable bonds is 1. The smallest absolute Gasteiger partial charge is 0.0982 e. The minimum absolute atomic E-state index is 0.0278. The van der Waals surface area contributed by atoms with Crippen LogP contribution in [0.15, 0.2) is 11.9 Å². The Hall–Kier alpha value is -0.370. The van der Waals surface area contributed by atoms with Crippen molar-refractivity contribution >= 4 is 0 Å². The molecule has 0 aromatic heterocycles. The van der Waals surface area contributed by atoms with E-state index in [1.165, 1.54) is 13.1 Å². The van der Waals surface area contributed by atoms with Gasteiger partial charge in [-0.1, -0.05) is 19.9 Å². The van der Waals surface area contributed by atoms with Crippen molar-refractivity contribution in [3.05, 3.63) is 11.9 Å². The Morgan fingerprint density at radius 3 is 1.78 bits per heavy atom. The van der Waals surface area contributed by atoms with Gasteiger partial charge in [-0.05, 0) is 14.0 Å². The quantitative estimate of drug-likeness (QED) is 0.582. The summed E-state index contributed by atoms with van der Waals surface area (Å²) in [4.78, 5) is 0. The zero-order valence-corrected chi connectivity index (χ0v) is 6.61. The molecule has 0 aliphatic heterocycles. The Balaban J connectivity index is 0. The molecule has 2 N–H and O–H groups in total. The number of halogens is 1. The van der Waals surface area contributed by atoms with Crippen molar-refractivity contribution in [2.45, 2.75) is 20.8 Å². The number of hydrogen-bond acceptors (Lipinski definition) is 1. The summed E-state index contributed by atoms with van der Waals surface area (Å²) < 4.78 is 12.1. The van der Waals surface area contributed by atoms with Crippen molar-refractivity contribution in [2.24, 2.45) is 11.7 Å². The van der Waals surface area contributed by atoms with E-state index in [0.717, 1.165) is 0 Å². The average Bonchev–Trinajstić information content (AvgIpc) is 1.91. The lowest BCUT2D eigenvalue weighted by Crippen LogP contribution is -1.83. The first kappa shape index (κ1) is 11.4. The van der Waals surface area contributed by atoms with Crippen molar-refractivity contribution in [1.82, 2.24) is 0 Å². The molecule has 0 unspecified atom stereocenters. The molecule has 0 aromatic carbocycles. The van der Waals surface area contributed by atoms with Crippen molar-refractivity contribution in [3.8, 4) is 0 Å². The van der Waals surface area contributed by atoms with E-state index >= 15 is 0 Å². The van der Waals surface area contributed by atoms with Gasteiger partial charge in [0.15, 0.2) is 0 Å². The highest BCUT2D eigenvalue weighted by molar-refractivity contribution is 4.90. The third-order valence-corrected chi connectivity index (χ3v) is 0.827. The molecule has 9 heavy (non-hydrogen) atoms. The first-order chi connectivity index (χ1) is 4.18. The molecular formula is C7H16FN. The minimum Gasteiger partial charge on any atom is -0.333 e. The summed E-state index contributed by atoms with van der Waals surface area (Å²) in [6.45, 7) is 5.36. The van der Waals surface area contributed by atoms with Gasteiger partial charge in [0.2, 0.25) is 0 Å². The molecule has 0 aliphatic carbocycles. The molecule has 0 bridgehead atoms. The van der Waals surface area contributed by atoms with Crippen LogP contribution in [0.4, 0.5) is 4.39 Å². The molecule has 0 aromatic rings. The van der Waals surface area contributed by atoms with E-state index in [1.54, 1.807) is 6.92 Å². The van der Waals surface area contributed by atoms with Crippen LogP contribution in [0.25, 0.3) is 0 Å². The molecule has 0 atom stereocenters. The van der Waals surface area contributed by atoms with Crippen LogP contribution in [0.3, 0.4) is 0 Å². The second-order valence-electron chi connectivity index (χ2n) is 1.83. The van der Waals surface area contributed by atoms with Gasteiger partial charge in [0.05, 0.1) is 5.83 Å². The van der Waals surface area contributed by atoms with Crippen LogP contribution in [0.1, 0.15) is 20.8 Å². The van der Waals surface area contributed by atoms with Gasteiger partial charge in [-0.15, -0.1) is 0 Å². The maximum absolute atomic E-state index is 12.1. The van der Waals surface area contributed by atoms with E-state index < -0.39 is 0 Å². The minimum atomic E-state index is -0.0278. The molecule has 2 heteroatoms. The van der Waals surface area contributed by atoms with Crippen LogP contribution in [-0.4, -0.2) is 7.05 Å². The van der Waals surface area contributed by atoms with Gasteiger partial charge in [-0.2, -0.15) is 0 Å². The standard InChI is InChI=1S/C6H11F.CH5N/c1-4-6(7)5(2)3;1-2/h4-5H,1-3H3;2H2,1H3/b6-4+;. The maximum atomic E-state index is 12.1. The second kappa shape index (κ2) is 7.63. The van der Waals surface area contributed by atoms with Gasteiger partial charge < -0.3 is 5.73 Å². The lowest BCUT2D eigenvalue weighted by atomic mass is 10.2. The summed E-state index contributed by atoms with van der Waals surface area (Å²) in [5, 5.41) is 0. The van der Waals surface area contributed by atoms with Gasteiger partial charge in [0.1, 0.15) is 0 Å². The van der Waals surface area contributed by atoms with Crippen molar-refractivity contribution in [3.63, 3.8) is 0 Å². The fraction of sp³-hybridized carbons (Fsp3) is 0.714. The lowest BCUT2D eigenvalue weighted by molar-refractivity contribution is 0.518. The van der Waals surface area contributed by atoms with Crippen LogP contribution in [0.2, 0.25) is 0 Å². The monoisotopic (exact) mass is 133 g/mol. The van der Waals surface area contributed by atoms with E-state index in [0.29, 0.717) is 0 Å². The summed E-state index contributed by atoms with van der Waals surface area (Å²) in [5.74, 6) is 0.0324. The molecule has 0 amide bonds. The first-order valence-corrected chi connectivity index (χ1v) is 3.08. The summed E-state index contributed by atoms with van der Waals surface area (Å²) in [7, 11) is 1.50. The second-order valence-corrected chi connectivity index (χ2v) is 1.83. The molecule has 56 valence electrons. The maximum Gasteiger partial charge on any atom is 0.0982 e. The Kier molecular flexibility index (Phi) is 9.69. The Labute approximate surface area is 56.8 Å². The molecule has 0 aliphatic rings. The molecule has 1 nitrogen and oxygen atoms in total. The Morgan fingerprint density at radius 1 is 1.44 bits per heavy atom. The van der Waals surface area contributed by atoms with Gasteiger partial charge in [0.25, 0.3) is 0 Å². The predicted octanol–water partition coefficient (Wildman–Crippen LogP) is 2.09. The van der Waals surface area contributed by atoms with Crippen LogP contribution in [-0.2, 0) is 0 Å². The number of nitrogens with two attached hydrogens (primary N) is 1. The Morgan fingerprint density at radius 2 is 1.78 bits per heavy atom. The zero-order chi connectivity index (χ0) is 7.86. The molecule has 0 fully saturated rings. The highest BCUT2D eigenvalue weighted by atomic mass is 19.1. The van der Waals surface area contributed by atoms with Gasteiger partial charge in [0, 0.05) is 5.92 Å². The van der Waals surface area contributed by atoms with Crippen molar-refractivity contribution in [1.29, 1.82) is 0 Å². The third kappa shape index (κ3) is 7.63. The van der Waals surface area contributed by atoms with Crippen molar-refractivity contribution in [2.75, 3.05) is 7.05 Å². The van der Waals surface area contributed by atoms with Crippen LogP contribution in [0.5, 0.6) is 0 Å². The highest BCUT2D eigenvalue weighted by Gasteiger charge is 1.95. The number of allylic oxidation sites excluding steroid dienone is 2. The predicted molar refractivity (Wildman–Crippen MR) is 39.8 cm³/mol. The summed E-state index contributed by atoms with van der Waals surface area (Å²) >= 11 is 0. The SMILES string of the molecule is C/C=C(/F)C(C)C.CN. The molecular weight excluding hydrogens is 117 g/mol. The lowest BCUT2D eigenvalue weighted by Gasteiger charge is -1.95. The molecule has 0 saturated carbocycles. The summed E-state index contributed by atoms with van der Waals surface area (Å²) in [6.07, 6.45) is 1.49. The van der Waals surface area contributed by atoms with Crippen LogP contribution in [0, 0.1) is 5.92 Å². The molecule has 0 heterocycles.